The van der Waals surface area contributed by atoms with Crippen LogP contribution in [0.4, 0.5) is 0 Å². The minimum atomic E-state index is -0.375. The number of nitrogens with zero attached hydrogens (tertiary/aromatic N) is 1. The molecule has 94 valence electrons. The van der Waals surface area contributed by atoms with E-state index in [1.54, 1.807) is 0 Å². The van der Waals surface area contributed by atoms with Gasteiger partial charge in [0.25, 0.3) is 0 Å². The average molecular weight is 228 g/mol. The van der Waals surface area contributed by atoms with E-state index in [4.69, 9.17) is 4.74 Å². The fraction of sp³-hybridized carbons (Fsp3) is 0.917. The fourth-order valence-electron chi connectivity index (χ4n) is 1.88. The molecule has 0 aliphatic carbocycles. The monoisotopic (exact) mass is 228 g/mol. The number of hydrogen-bond acceptors (Lipinski definition) is 4. The van der Waals surface area contributed by atoms with Gasteiger partial charge in [-0.3, -0.25) is 9.69 Å². The van der Waals surface area contributed by atoms with Crippen molar-refractivity contribution in [2.75, 3.05) is 26.2 Å². The van der Waals surface area contributed by atoms with Crippen molar-refractivity contribution >= 4 is 5.97 Å². The third kappa shape index (κ3) is 4.94. The third-order valence-corrected chi connectivity index (χ3v) is 2.66. The molecule has 1 saturated heterocycles. The van der Waals surface area contributed by atoms with Crippen LogP contribution in [0.3, 0.4) is 0 Å². The number of nitrogens with one attached hydrogen (secondary N) is 1. The van der Waals surface area contributed by atoms with Crippen LogP contribution in [0.25, 0.3) is 0 Å². The quantitative estimate of drug-likeness (QED) is 0.732. The molecule has 1 aliphatic rings. The summed E-state index contributed by atoms with van der Waals surface area (Å²) in [6.07, 6.45) is 0.483. The topological polar surface area (TPSA) is 41.6 Å². The van der Waals surface area contributed by atoms with Crippen LogP contribution in [-0.2, 0) is 9.53 Å². The van der Waals surface area contributed by atoms with Gasteiger partial charge in [0, 0.05) is 32.2 Å². The summed E-state index contributed by atoms with van der Waals surface area (Å²) in [5.41, 5.74) is -0.375. The molecule has 1 unspecified atom stereocenters. The van der Waals surface area contributed by atoms with Crippen molar-refractivity contribution in [3.8, 4) is 0 Å². The minimum absolute atomic E-state index is 0.0986. The van der Waals surface area contributed by atoms with Crippen LogP contribution in [0.5, 0.6) is 0 Å². The van der Waals surface area contributed by atoms with Gasteiger partial charge in [0.05, 0.1) is 6.42 Å². The van der Waals surface area contributed by atoms with Crippen molar-refractivity contribution in [1.82, 2.24) is 10.2 Å². The maximum absolute atomic E-state index is 11.6. The second-order valence-corrected chi connectivity index (χ2v) is 5.43. The van der Waals surface area contributed by atoms with Gasteiger partial charge in [-0.2, -0.15) is 0 Å². The zero-order valence-corrected chi connectivity index (χ0v) is 10.9. The Bertz CT molecular complexity index is 230. The average Bonchev–Trinajstić information content (AvgIpc) is 2.16. The first-order valence-corrected chi connectivity index (χ1v) is 6.05. The Hall–Kier alpha value is -0.610. The van der Waals surface area contributed by atoms with Crippen LogP contribution in [-0.4, -0.2) is 48.7 Å². The second kappa shape index (κ2) is 5.64. The maximum Gasteiger partial charge on any atom is 0.307 e. The molecule has 1 heterocycles. The van der Waals surface area contributed by atoms with Crippen LogP contribution in [0.15, 0.2) is 0 Å². The van der Waals surface area contributed by atoms with Crippen molar-refractivity contribution in [3.63, 3.8) is 0 Å². The van der Waals surface area contributed by atoms with Crippen LogP contribution in [0.1, 0.15) is 34.1 Å². The van der Waals surface area contributed by atoms with E-state index in [1.165, 1.54) is 0 Å². The lowest BCUT2D eigenvalue weighted by Gasteiger charge is -2.32. The first kappa shape index (κ1) is 13.5. The molecule has 1 atom stereocenters. The van der Waals surface area contributed by atoms with Gasteiger partial charge in [0.2, 0.25) is 0 Å². The second-order valence-electron chi connectivity index (χ2n) is 5.43. The first-order valence-electron chi connectivity index (χ1n) is 6.05. The van der Waals surface area contributed by atoms with Crippen molar-refractivity contribution in [1.29, 1.82) is 0 Å². The van der Waals surface area contributed by atoms with Crippen LogP contribution in [0.2, 0.25) is 0 Å². The standard InChI is InChI=1S/C12H24N2O2/c1-10(14-7-5-13-6-8-14)9-11(15)16-12(2,3)4/h10,13H,5-9H2,1-4H3. The molecule has 16 heavy (non-hydrogen) atoms. The Morgan fingerprint density at radius 3 is 2.44 bits per heavy atom. The molecule has 0 radical (unpaired) electrons. The number of ether oxygens (including phenoxy) is 1. The largest absolute Gasteiger partial charge is 0.460 e. The molecule has 0 aromatic heterocycles. The van der Waals surface area contributed by atoms with E-state index < -0.39 is 0 Å². The summed E-state index contributed by atoms with van der Waals surface area (Å²) in [5, 5.41) is 3.30. The van der Waals surface area contributed by atoms with Gasteiger partial charge in [0.1, 0.15) is 5.60 Å². The lowest BCUT2D eigenvalue weighted by molar-refractivity contribution is -0.156. The van der Waals surface area contributed by atoms with Gasteiger partial charge < -0.3 is 10.1 Å². The van der Waals surface area contributed by atoms with Crippen LogP contribution >= 0.6 is 0 Å². The Labute approximate surface area is 98.3 Å². The fourth-order valence-corrected chi connectivity index (χ4v) is 1.88. The number of rotatable bonds is 3. The molecule has 0 amide bonds. The van der Waals surface area contributed by atoms with Gasteiger partial charge in [-0.1, -0.05) is 0 Å². The number of piperazine rings is 1. The number of carbonyl (C=O) groups is 1. The molecular formula is C12H24N2O2. The maximum atomic E-state index is 11.6. The van der Waals surface area contributed by atoms with Crippen molar-refractivity contribution in [3.05, 3.63) is 0 Å². The normalized spacial score (nSPS) is 20.5. The molecule has 0 aromatic rings. The number of hydrogen-bond donors (Lipinski definition) is 1. The van der Waals surface area contributed by atoms with E-state index in [0.717, 1.165) is 26.2 Å². The molecule has 0 saturated carbocycles. The summed E-state index contributed by atoms with van der Waals surface area (Å²) in [6, 6.07) is 0.275. The molecule has 4 heteroatoms. The SMILES string of the molecule is CC(CC(=O)OC(C)(C)C)N1CCNCC1. The summed E-state index contributed by atoms with van der Waals surface area (Å²) in [5.74, 6) is -0.0986. The zero-order valence-electron chi connectivity index (χ0n) is 10.9. The van der Waals surface area contributed by atoms with E-state index in [-0.39, 0.29) is 17.6 Å². The van der Waals surface area contributed by atoms with Gasteiger partial charge in [-0.15, -0.1) is 0 Å². The molecule has 1 fully saturated rings. The lowest BCUT2D eigenvalue weighted by atomic mass is 10.1. The molecular weight excluding hydrogens is 204 g/mol. The Balaban J connectivity index is 2.32. The summed E-state index contributed by atoms with van der Waals surface area (Å²) < 4.78 is 5.32. The number of esters is 1. The molecule has 4 nitrogen and oxygen atoms in total. The van der Waals surface area contributed by atoms with Gasteiger partial charge in [-0.25, -0.2) is 0 Å². The van der Waals surface area contributed by atoms with E-state index in [9.17, 15) is 4.79 Å². The van der Waals surface area contributed by atoms with Crippen LogP contribution in [0, 0.1) is 0 Å². The Morgan fingerprint density at radius 1 is 1.38 bits per heavy atom. The highest BCUT2D eigenvalue weighted by atomic mass is 16.6. The first-order chi connectivity index (χ1) is 7.38. The summed E-state index contributed by atoms with van der Waals surface area (Å²) in [4.78, 5) is 14.0. The summed E-state index contributed by atoms with van der Waals surface area (Å²) in [6.45, 7) is 11.9. The lowest BCUT2D eigenvalue weighted by Crippen LogP contribution is -2.48. The predicted molar refractivity (Wildman–Crippen MR) is 64.4 cm³/mol. The predicted octanol–water partition coefficient (Wildman–Crippen LogP) is 1.01. The Morgan fingerprint density at radius 2 is 1.94 bits per heavy atom. The van der Waals surface area contributed by atoms with Crippen molar-refractivity contribution in [2.24, 2.45) is 0 Å². The van der Waals surface area contributed by atoms with Gasteiger partial charge >= 0.3 is 5.97 Å². The molecule has 0 aromatic carbocycles. The molecule has 1 aliphatic heterocycles. The number of carbonyl (C=O) groups excluding carboxylic acids is 1. The van der Waals surface area contributed by atoms with Crippen LogP contribution < -0.4 is 5.32 Å². The minimum Gasteiger partial charge on any atom is -0.460 e. The molecule has 1 N–H and O–H groups in total. The third-order valence-electron chi connectivity index (χ3n) is 2.66. The van der Waals surface area contributed by atoms with E-state index in [1.807, 2.05) is 20.8 Å². The molecule has 0 spiro atoms. The van der Waals surface area contributed by atoms with E-state index in [2.05, 4.69) is 17.1 Å². The summed E-state index contributed by atoms with van der Waals surface area (Å²) in [7, 11) is 0. The van der Waals surface area contributed by atoms with E-state index in [0.29, 0.717) is 6.42 Å². The van der Waals surface area contributed by atoms with Gasteiger partial charge in [0.15, 0.2) is 0 Å². The Kier molecular flexibility index (Phi) is 4.74. The highest BCUT2D eigenvalue weighted by Gasteiger charge is 2.22. The summed E-state index contributed by atoms with van der Waals surface area (Å²) >= 11 is 0. The van der Waals surface area contributed by atoms with Gasteiger partial charge in [-0.05, 0) is 27.7 Å². The molecule has 1 rings (SSSR count). The molecule has 0 bridgehead atoms. The smallest absolute Gasteiger partial charge is 0.307 e. The van der Waals surface area contributed by atoms with E-state index >= 15 is 0 Å². The van der Waals surface area contributed by atoms with Crippen molar-refractivity contribution in [2.45, 2.75) is 45.8 Å². The highest BCUT2D eigenvalue weighted by Crippen LogP contribution is 2.12. The highest BCUT2D eigenvalue weighted by molar-refractivity contribution is 5.70. The zero-order chi connectivity index (χ0) is 12.2. The van der Waals surface area contributed by atoms with Crippen molar-refractivity contribution < 1.29 is 9.53 Å².